The summed E-state index contributed by atoms with van der Waals surface area (Å²) in [6.45, 7) is 3.89. The summed E-state index contributed by atoms with van der Waals surface area (Å²) < 4.78 is 5.25. The minimum absolute atomic E-state index is 0.357. The van der Waals surface area contributed by atoms with Gasteiger partial charge < -0.3 is 15.8 Å². The second-order valence-corrected chi connectivity index (χ2v) is 4.34. The summed E-state index contributed by atoms with van der Waals surface area (Å²) in [5.74, 6) is 0.998. The van der Waals surface area contributed by atoms with Crippen LogP contribution < -0.4 is 11.1 Å². The minimum atomic E-state index is 0.357. The smallest absolute Gasteiger partial charge is 0.154 e. The van der Waals surface area contributed by atoms with E-state index in [0.29, 0.717) is 37.0 Å². The highest BCUT2D eigenvalue weighted by molar-refractivity contribution is 5.75. The van der Waals surface area contributed by atoms with E-state index in [1.165, 1.54) is 0 Å². The molecule has 3 N–H and O–H groups in total. The second-order valence-electron chi connectivity index (χ2n) is 4.34. The molecule has 0 bridgehead atoms. The summed E-state index contributed by atoms with van der Waals surface area (Å²) in [6.07, 6.45) is 0. The number of nitrogens with one attached hydrogen (secondary N) is 1. The van der Waals surface area contributed by atoms with Crippen molar-refractivity contribution in [2.75, 3.05) is 30.8 Å². The number of nitrogen functional groups attached to an aromatic ring is 1. The summed E-state index contributed by atoms with van der Waals surface area (Å²) in [4.78, 5) is 0. The van der Waals surface area contributed by atoms with Crippen molar-refractivity contribution in [3.05, 3.63) is 35.9 Å². The van der Waals surface area contributed by atoms with Crippen LogP contribution in [0.5, 0.6) is 0 Å². The van der Waals surface area contributed by atoms with Crippen LogP contribution in [0.1, 0.15) is 12.5 Å². The lowest BCUT2D eigenvalue weighted by atomic mass is 10.1. The van der Waals surface area contributed by atoms with E-state index in [2.05, 4.69) is 21.6 Å². The highest BCUT2D eigenvalue weighted by Crippen LogP contribution is 2.25. The molecule has 108 valence electrons. The van der Waals surface area contributed by atoms with Gasteiger partial charge in [0, 0.05) is 18.7 Å². The molecular formula is C15H17N5O. The van der Waals surface area contributed by atoms with E-state index in [4.69, 9.17) is 15.7 Å². The van der Waals surface area contributed by atoms with Crippen LogP contribution in [0.2, 0.25) is 0 Å². The molecule has 1 aromatic heterocycles. The topological polar surface area (TPSA) is 96.8 Å². The Morgan fingerprint density at radius 3 is 2.71 bits per heavy atom. The lowest BCUT2D eigenvalue weighted by Gasteiger charge is -2.09. The lowest BCUT2D eigenvalue weighted by Crippen LogP contribution is -2.11. The first kappa shape index (κ1) is 14.8. The Bertz CT molecular complexity index is 634. The van der Waals surface area contributed by atoms with Gasteiger partial charge in [-0.1, -0.05) is 12.1 Å². The maximum Gasteiger partial charge on any atom is 0.154 e. The van der Waals surface area contributed by atoms with Crippen molar-refractivity contribution in [3.8, 4) is 17.2 Å². The molecule has 0 atom stereocenters. The predicted octanol–water partition coefficient (Wildman–Crippen LogP) is 2.05. The Kier molecular flexibility index (Phi) is 5.07. The van der Waals surface area contributed by atoms with Crippen LogP contribution in [0.3, 0.4) is 0 Å². The molecule has 0 aliphatic rings. The van der Waals surface area contributed by atoms with Gasteiger partial charge in [-0.25, -0.2) is 0 Å². The summed E-state index contributed by atoms with van der Waals surface area (Å²) >= 11 is 0. The third-order valence-electron chi connectivity index (χ3n) is 2.90. The van der Waals surface area contributed by atoms with E-state index in [9.17, 15) is 0 Å². The van der Waals surface area contributed by atoms with Gasteiger partial charge in [0.15, 0.2) is 5.82 Å². The molecule has 0 spiro atoms. The normalized spacial score (nSPS) is 10.1. The molecule has 0 saturated heterocycles. The lowest BCUT2D eigenvalue weighted by molar-refractivity contribution is 0.158. The van der Waals surface area contributed by atoms with Crippen LogP contribution in [0.25, 0.3) is 11.1 Å². The molecule has 1 heterocycles. The Labute approximate surface area is 123 Å². The van der Waals surface area contributed by atoms with Gasteiger partial charge in [0.1, 0.15) is 5.82 Å². The van der Waals surface area contributed by atoms with E-state index < -0.39 is 0 Å². The summed E-state index contributed by atoms with van der Waals surface area (Å²) in [5.41, 5.74) is 8.17. The van der Waals surface area contributed by atoms with Crippen molar-refractivity contribution < 1.29 is 4.74 Å². The van der Waals surface area contributed by atoms with E-state index in [1.54, 1.807) is 12.1 Å². The largest absolute Gasteiger partial charge is 0.382 e. The van der Waals surface area contributed by atoms with Crippen molar-refractivity contribution in [2.24, 2.45) is 0 Å². The Balaban J connectivity index is 2.16. The SMILES string of the molecule is CCOCCNc1cc(-c2ccc(C#N)cc2)c(N)nn1. The van der Waals surface area contributed by atoms with Crippen molar-refractivity contribution >= 4 is 11.6 Å². The molecule has 0 aliphatic heterocycles. The zero-order valence-electron chi connectivity index (χ0n) is 11.8. The first-order chi connectivity index (χ1) is 10.2. The van der Waals surface area contributed by atoms with Gasteiger partial charge in [-0.2, -0.15) is 5.26 Å². The number of anilines is 2. The molecule has 0 unspecified atom stereocenters. The minimum Gasteiger partial charge on any atom is -0.382 e. The number of nitriles is 1. The Hall–Kier alpha value is -2.65. The highest BCUT2D eigenvalue weighted by atomic mass is 16.5. The Morgan fingerprint density at radius 2 is 2.05 bits per heavy atom. The number of hydrogen-bond donors (Lipinski definition) is 2. The fraction of sp³-hybridized carbons (Fsp3) is 0.267. The molecule has 0 fully saturated rings. The molecule has 1 aromatic carbocycles. The van der Waals surface area contributed by atoms with Crippen molar-refractivity contribution in [2.45, 2.75) is 6.92 Å². The number of ether oxygens (including phenoxy) is 1. The van der Waals surface area contributed by atoms with E-state index in [0.717, 1.165) is 11.1 Å². The first-order valence-electron chi connectivity index (χ1n) is 6.70. The van der Waals surface area contributed by atoms with Crippen LogP contribution in [0, 0.1) is 11.3 Å². The van der Waals surface area contributed by atoms with E-state index >= 15 is 0 Å². The maximum atomic E-state index is 8.82. The van der Waals surface area contributed by atoms with Crippen molar-refractivity contribution in [3.63, 3.8) is 0 Å². The average Bonchev–Trinajstić information content (AvgIpc) is 2.53. The predicted molar refractivity (Wildman–Crippen MR) is 81.6 cm³/mol. The van der Waals surface area contributed by atoms with E-state index in [-0.39, 0.29) is 0 Å². The summed E-state index contributed by atoms with van der Waals surface area (Å²) in [6, 6.07) is 11.1. The monoisotopic (exact) mass is 283 g/mol. The molecule has 0 amide bonds. The molecule has 21 heavy (non-hydrogen) atoms. The summed E-state index contributed by atoms with van der Waals surface area (Å²) in [5, 5.41) is 19.9. The van der Waals surface area contributed by atoms with Crippen LogP contribution in [-0.2, 0) is 4.74 Å². The van der Waals surface area contributed by atoms with Crippen LogP contribution in [-0.4, -0.2) is 30.0 Å². The van der Waals surface area contributed by atoms with Crippen molar-refractivity contribution in [1.29, 1.82) is 5.26 Å². The average molecular weight is 283 g/mol. The zero-order chi connectivity index (χ0) is 15.1. The fourth-order valence-corrected chi connectivity index (χ4v) is 1.84. The van der Waals surface area contributed by atoms with Gasteiger partial charge in [0.25, 0.3) is 0 Å². The van der Waals surface area contributed by atoms with Gasteiger partial charge in [-0.05, 0) is 30.7 Å². The molecule has 2 aromatic rings. The van der Waals surface area contributed by atoms with Crippen molar-refractivity contribution in [1.82, 2.24) is 10.2 Å². The molecule has 6 nitrogen and oxygen atoms in total. The van der Waals surface area contributed by atoms with Crippen LogP contribution in [0.4, 0.5) is 11.6 Å². The highest BCUT2D eigenvalue weighted by Gasteiger charge is 2.07. The molecule has 6 heteroatoms. The Morgan fingerprint density at radius 1 is 1.29 bits per heavy atom. The zero-order valence-corrected chi connectivity index (χ0v) is 11.8. The number of nitrogens with two attached hydrogens (primary N) is 1. The molecular weight excluding hydrogens is 266 g/mol. The first-order valence-corrected chi connectivity index (χ1v) is 6.70. The number of nitrogens with zero attached hydrogens (tertiary/aromatic N) is 3. The van der Waals surface area contributed by atoms with Gasteiger partial charge >= 0.3 is 0 Å². The van der Waals surface area contributed by atoms with Gasteiger partial charge in [0.05, 0.1) is 18.2 Å². The third kappa shape index (κ3) is 3.91. The third-order valence-corrected chi connectivity index (χ3v) is 2.90. The standard InChI is InChI=1S/C15H17N5O/c1-2-21-8-7-18-14-9-13(15(17)20-19-14)12-5-3-11(10-16)4-6-12/h3-6,9H,2,7-8H2,1H3,(H2,17,20)(H,18,19). The van der Waals surface area contributed by atoms with Crippen LogP contribution >= 0.6 is 0 Å². The maximum absolute atomic E-state index is 8.82. The van der Waals surface area contributed by atoms with E-state index in [1.807, 2.05) is 25.1 Å². The van der Waals surface area contributed by atoms with Gasteiger partial charge in [-0.15, -0.1) is 10.2 Å². The summed E-state index contributed by atoms with van der Waals surface area (Å²) in [7, 11) is 0. The molecule has 2 rings (SSSR count). The number of aromatic nitrogens is 2. The second kappa shape index (κ2) is 7.22. The quantitative estimate of drug-likeness (QED) is 0.787. The number of hydrogen-bond acceptors (Lipinski definition) is 6. The van der Waals surface area contributed by atoms with Gasteiger partial charge in [0.2, 0.25) is 0 Å². The number of rotatable bonds is 6. The molecule has 0 saturated carbocycles. The van der Waals surface area contributed by atoms with Gasteiger partial charge in [-0.3, -0.25) is 0 Å². The number of benzene rings is 1. The molecule has 0 aliphatic carbocycles. The van der Waals surface area contributed by atoms with Crippen LogP contribution in [0.15, 0.2) is 30.3 Å². The molecule has 0 radical (unpaired) electrons. The fourth-order valence-electron chi connectivity index (χ4n) is 1.84.